The van der Waals surface area contributed by atoms with Crippen molar-refractivity contribution in [1.29, 1.82) is 0 Å². The maximum Gasteiger partial charge on any atom is -0.00550 e. The summed E-state index contributed by atoms with van der Waals surface area (Å²) in [7, 11) is 0. The van der Waals surface area contributed by atoms with E-state index in [1.54, 1.807) is 22.3 Å². The van der Waals surface area contributed by atoms with E-state index in [0.29, 0.717) is 5.92 Å². The first-order valence-corrected chi connectivity index (χ1v) is 11.1. The molecule has 2 aromatic carbocycles. The third kappa shape index (κ3) is 5.18. The lowest BCUT2D eigenvalue weighted by molar-refractivity contribution is 0.711. The van der Waals surface area contributed by atoms with Crippen molar-refractivity contribution in [2.24, 2.45) is 0 Å². The molecule has 0 atom stereocenters. The van der Waals surface area contributed by atoms with Crippen LogP contribution in [0, 0.1) is 6.92 Å². The topological polar surface area (TPSA) is 0 Å². The molecule has 2 aliphatic rings. The largest absolute Gasteiger partial charge is 0.0958 e. The van der Waals surface area contributed by atoms with Crippen molar-refractivity contribution < 1.29 is 0 Å². The highest BCUT2D eigenvalue weighted by atomic mass is 14.3. The van der Waals surface area contributed by atoms with E-state index in [1.165, 1.54) is 54.4 Å². The van der Waals surface area contributed by atoms with Gasteiger partial charge in [-0.1, -0.05) is 80.1 Å². The molecular weight excluding hydrogens is 348 g/mol. The van der Waals surface area contributed by atoms with Crippen LogP contribution in [0.25, 0.3) is 11.6 Å². The number of allylic oxidation sites excluding steroid dienone is 4. The molecule has 0 saturated carbocycles. The second-order valence-corrected chi connectivity index (χ2v) is 9.00. The number of rotatable bonds is 3. The molecule has 0 amide bonds. The quantitative estimate of drug-likeness (QED) is 0.464. The van der Waals surface area contributed by atoms with Crippen LogP contribution in [0.2, 0.25) is 0 Å². The fourth-order valence-electron chi connectivity index (χ4n) is 4.26. The van der Waals surface area contributed by atoms with Crippen LogP contribution in [0.5, 0.6) is 0 Å². The van der Waals surface area contributed by atoms with E-state index < -0.39 is 0 Å². The lowest BCUT2D eigenvalue weighted by Gasteiger charge is -2.13. The lowest BCUT2D eigenvalue weighted by Crippen LogP contribution is -1.93. The predicted octanol–water partition coefficient (Wildman–Crippen LogP) is 8.67. The Hall–Kier alpha value is -2.34. The molecule has 0 nitrogen and oxygen atoms in total. The zero-order valence-electron chi connectivity index (χ0n) is 18.9. The minimum atomic E-state index is 0.596. The number of aryl methyl sites for hydroxylation is 1. The summed E-state index contributed by atoms with van der Waals surface area (Å²) in [5, 5.41) is 0. The van der Waals surface area contributed by atoms with Gasteiger partial charge in [0.2, 0.25) is 0 Å². The molecular formula is C29H36. The van der Waals surface area contributed by atoms with Gasteiger partial charge in [0.1, 0.15) is 0 Å². The van der Waals surface area contributed by atoms with Crippen LogP contribution < -0.4 is 0 Å². The van der Waals surface area contributed by atoms with Crippen LogP contribution in [0.4, 0.5) is 0 Å². The molecule has 2 aromatic rings. The summed E-state index contributed by atoms with van der Waals surface area (Å²) in [6.07, 6.45) is 8.93. The van der Waals surface area contributed by atoms with Gasteiger partial charge in [-0.3, -0.25) is 0 Å². The number of hydrogen-bond donors (Lipinski definition) is 0. The van der Waals surface area contributed by atoms with Crippen molar-refractivity contribution in [3.05, 3.63) is 93.6 Å². The summed E-state index contributed by atoms with van der Waals surface area (Å²) in [5.74, 6) is 0.596. The Kier molecular flexibility index (Phi) is 6.96. The summed E-state index contributed by atoms with van der Waals surface area (Å²) in [6, 6.07) is 15.6. The molecule has 0 N–H and O–H groups in total. The van der Waals surface area contributed by atoms with Gasteiger partial charge in [0.15, 0.2) is 0 Å². The van der Waals surface area contributed by atoms with Gasteiger partial charge < -0.3 is 0 Å². The van der Waals surface area contributed by atoms with E-state index in [2.05, 4.69) is 82.8 Å². The van der Waals surface area contributed by atoms with E-state index in [1.807, 2.05) is 6.92 Å². The van der Waals surface area contributed by atoms with Crippen LogP contribution in [-0.4, -0.2) is 0 Å². The van der Waals surface area contributed by atoms with Gasteiger partial charge in [0.05, 0.1) is 0 Å². The molecule has 29 heavy (non-hydrogen) atoms. The first-order valence-electron chi connectivity index (χ1n) is 11.1. The molecule has 0 unspecified atom stereocenters. The number of benzene rings is 2. The average Bonchev–Trinajstić information content (AvgIpc) is 3.08. The second kappa shape index (κ2) is 9.44. The normalized spacial score (nSPS) is 15.6. The number of fused-ring (bicyclic) bond motifs is 2. The van der Waals surface area contributed by atoms with E-state index in [9.17, 15) is 0 Å². The molecule has 0 heterocycles. The average molecular weight is 385 g/mol. The molecule has 2 aliphatic carbocycles. The molecule has 4 rings (SSSR count). The zero-order chi connectivity index (χ0) is 21.0. The van der Waals surface area contributed by atoms with Crippen molar-refractivity contribution in [1.82, 2.24) is 0 Å². The molecule has 0 saturated heterocycles. The van der Waals surface area contributed by atoms with E-state index in [4.69, 9.17) is 0 Å². The van der Waals surface area contributed by atoms with Gasteiger partial charge in [-0.05, 0) is 97.8 Å². The standard InChI is InChI=1S/C16H22.C13H14/c1-11(2)13(5)9-16-8-7-15(12(3)4)10-14(16)6;1-3-7-12-10(5-1)9-11-6-2-4-8-13(11)12/h7-10,12H,1H2,2-6H3;1,3,5,7H,2,4,6,8-9H2/b13-9+;. The number of hydrogen-bond acceptors (Lipinski definition) is 0. The van der Waals surface area contributed by atoms with Crippen LogP contribution >= 0.6 is 0 Å². The summed E-state index contributed by atoms with van der Waals surface area (Å²) < 4.78 is 0. The van der Waals surface area contributed by atoms with Crippen molar-refractivity contribution in [2.45, 2.75) is 72.6 Å². The van der Waals surface area contributed by atoms with Gasteiger partial charge in [-0.15, -0.1) is 0 Å². The van der Waals surface area contributed by atoms with Crippen LogP contribution in [0.1, 0.15) is 87.1 Å². The molecule has 0 bridgehead atoms. The van der Waals surface area contributed by atoms with E-state index in [0.717, 1.165) is 5.57 Å². The minimum absolute atomic E-state index is 0.596. The first-order chi connectivity index (χ1) is 13.9. The second-order valence-electron chi connectivity index (χ2n) is 9.00. The SMILES string of the molecule is C=C(C)/C(C)=C/c1ccc(C(C)C)cc1C.c1ccc2c(c1)CC1=C2CCCC1. The van der Waals surface area contributed by atoms with Crippen LogP contribution in [0.15, 0.2) is 65.8 Å². The van der Waals surface area contributed by atoms with Crippen molar-refractivity contribution >= 4 is 11.6 Å². The third-order valence-corrected chi connectivity index (χ3v) is 6.33. The Labute approximate surface area is 178 Å². The van der Waals surface area contributed by atoms with Crippen molar-refractivity contribution in [3.8, 4) is 0 Å². The van der Waals surface area contributed by atoms with Crippen LogP contribution in [0.3, 0.4) is 0 Å². The minimum Gasteiger partial charge on any atom is -0.0958 e. The molecule has 0 heteroatoms. The van der Waals surface area contributed by atoms with Crippen LogP contribution in [-0.2, 0) is 6.42 Å². The Bertz CT molecular complexity index is 950. The molecule has 0 fully saturated rings. The van der Waals surface area contributed by atoms with Gasteiger partial charge in [-0.2, -0.15) is 0 Å². The highest BCUT2D eigenvalue weighted by Gasteiger charge is 2.22. The monoisotopic (exact) mass is 384 g/mol. The molecule has 0 spiro atoms. The summed E-state index contributed by atoms with van der Waals surface area (Å²) in [6.45, 7) is 14.7. The highest BCUT2D eigenvalue weighted by Crippen LogP contribution is 2.41. The summed E-state index contributed by atoms with van der Waals surface area (Å²) in [4.78, 5) is 0. The summed E-state index contributed by atoms with van der Waals surface area (Å²) >= 11 is 0. The first kappa shape index (κ1) is 21.4. The molecule has 0 radical (unpaired) electrons. The highest BCUT2D eigenvalue weighted by molar-refractivity contribution is 5.76. The fourth-order valence-corrected chi connectivity index (χ4v) is 4.26. The maximum absolute atomic E-state index is 3.96. The molecule has 0 aliphatic heterocycles. The predicted molar refractivity (Wildman–Crippen MR) is 129 cm³/mol. The smallest absolute Gasteiger partial charge is 0.00550 e. The summed E-state index contributed by atoms with van der Waals surface area (Å²) in [5.41, 5.74) is 13.0. The Morgan fingerprint density at radius 3 is 2.41 bits per heavy atom. The van der Waals surface area contributed by atoms with Gasteiger partial charge in [0.25, 0.3) is 0 Å². The van der Waals surface area contributed by atoms with Gasteiger partial charge in [-0.25, -0.2) is 0 Å². The maximum atomic E-state index is 3.96. The Balaban J connectivity index is 0.000000168. The molecule has 0 aromatic heterocycles. The van der Waals surface area contributed by atoms with Crippen molar-refractivity contribution in [3.63, 3.8) is 0 Å². The zero-order valence-corrected chi connectivity index (χ0v) is 18.9. The third-order valence-electron chi connectivity index (χ3n) is 6.33. The van der Waals surface area contributed by atoms with E-state index in [-0.39, 0.29) is 0 Å². The van der Waals surface area contributed by atoms with E-state index >= 15 is 0 Å². The Morgan fingerprint density at radius 1 is 1.00 bits per heavy atom. The van der Waals surface area contributed by atoms with Gasteiger partial charge in [0, 0.05) is 0 Å². The lowest BCUT2D eigenvalue weighted by atomic mass is 9.92. The van der Waals surface area contributed by atoms with Gasteiger partial charge >= 0.3 is 0 Å². The Morgan fingerprint density at radius 2 is 1.72 bits per heavy atom. The van der Waals surface area contributed by atoms with Crippen molar-refractivity contribution in [2.75, 3.05) is 0 Å². The molecule has 152 valence electrons. The fraction of sp³-hybridized carbons (Fsp3) is 0.379.